The lowest BCUT2D eigenvalue weighted by Crippen LogP contribution is -2.14. The lowest BCUT2D eigenvalue weighted by atomic mass is 10.1. The van der Waals surface area contributed by atoms with Crippen LogP contribution in [0.25, 0.3) is 10.9 Å². The molecular weight excluding hydrogens is 260 g/mol. The van der Waals surface area contributed by atoms with E-state index in [2.05, 4.69) is 16.9 Å². The van der Waals surface area contributed by atoms with Crippen molar-refractivity contribution >= 4 is 28.7 Å². The minimum Gasteiger partial charge on any atom is -0.477 e. The van der Waals surface area contributed by atoms with Crippen molar-refractivity contribution in [1.82, 2.24) is 4.98 Å². The zero-order valence-corrected chi connectivity index (χ0v) is 10.5. The normalized spacial score (nSPS) is 10.0. The van der Waals surface area contributed by atoms with Crippen molar-refractivity contribution in [1.29, 1.82) is 0 Å². The molecule has 1 aromatic heterocycles. The number of pyridine rings is 1. The molecule has 2 rings (SSSR count). The third kappa shape index (κ3) is 2.92. The van der Waals surface area contributed by atoms with Crippen LogP contribution in [0.2, 0.25) is 0 Å². The first-order valence-corrected chi connectivity index (χ1v) is 5.79. The number of carboxylic acid groups (broad SMARTS) is 1. The molecule has 0 atom stereocenters. The Kier molecular flexibility index (Phi) is 3.95. The van der Waals surface area contributed by atoms with E-state index in [1.54, 1.807) is 24.3 Å². The number of nitrogens with zero attached hydrogens (tertiary/aromatic N) is 1. The van der Waals surface area contributed by atoms with Gasteiger partial charge < -0.3 is 9.84 Å². The van der Waals surface area contributed by atoms with Gasteiger partial charge in [0, 0.05) is 5.39 Å². The van der Waals surface area contributed by atoms with Crippen molar-refractivity contribution in [3.63, 3.8) is 0 Å². The van der Waals surface area contributed by atoms with Crippen LogP contribution < -0.4 is 5.32 Å². The van der Waals surface area contributed by atoms with Gasteiger partial charge in [-0.1, -0.05) is 30.9 Å². The maximum atomic E-state index is 11.5. The summed E-state index contributed by atoms with van der Waals surface area (Å²) in [5.41, 5.74) is 0.689. The Morgan fingerprint density at radius 2 is 2.15 bits per heavy atom. The SMILES string of the molecule is C=CCOC(=O)Nc1cccc2ccc(C(=O)O)nc12. The molecule has 0 fully saturated rings. The van der Waals surface area contributed by atoms with Crippen LogP contribution in [0.5, 0.6) is 0 Å². The van der Waals surface area contributed by atoms with Crippen LogP contribution in [-0.2, 0) is 4.74 Å². The highest BCUT2D eigenvalue weighted by atomic mass is 16.5. The molecule has 2 aromatic rings. The number of carbonyl (C=O) groups is 2. The van der Waals surface area contributed by atoms with Crippen molar-refractivity contribution in [3.8, 4) is 0 Å². The number of hydrogen-bond donors (Lipinski definition) is 2. The number of ether oxygens (including phenoxy) is 1. The quantitative estimate of drug-likeness (QED) is 0.835. The van der Waals surface area contributed by atoms with Crippen molar-refractivity contribution in [2.45, 2.75) is 0 Å². The highest BCUT2D eigenvalue weighted by Crippen LogP contribution is 2.22. The van der Waals surface area contributed by atoms with E-state index in [-0.39, 0.29) is 12.3 Å². The third-order valence-electron chi connectivity index (χ3n) is 2.51. The minimum atomic E-state index is -1.13. The van der Waals surface area contributed by atoms with Crippen LogP contribution in [0.4, 0.5) is 10.5 Å². The van der Waals surface area contributed by atoms with Crippen molar-refractivity contribution in [2.24, 2.45) is 0 Å². The summed E-state index contributed by atoms with van der Waals surface area (Å²) < 4.78 is 4.81. The van der Waals surface area contributed by atoms with E-state index in [1.165, 1.54) is 12.1 Å². The second-order valence-corrected chi connectivity index (χ2v) is 3.89. The third-order valence-corrected chi connectivity index (χ3v) is 2.51. The number of amides is 1. The predicted octanol–water partition coefficient (Wildman–Crippen LogP) is 2.67. The Balaban J connectivity index is 2.37. The highest BCUT2D eigenvalue weighted by molar-refractivity contribution is 5.99. The van der Waals surface area contributed by atoms with Crippen LogP contribution in [0.1, 0.15) is 10.5 Å². The molecule has 20 heavy (non-hydrogen) atoms. The predicted molar refractivity (Wildman–Crippen MR) is 73.9 cm³/mol. The van der Waals surface area contributed by atoms with E-state index in [0.717, 1.165) is 5.39 Å². The fourth-order valence-corrected chi connectivity index (χ4v) is 1.65. The smallest absolute Gasteiger partial charge is 0.412 e. The summed E-state index contributed by atoms with van der Waals surface area (Å²) in [5.74, 6) is -1.13. The summed E-state index contributed by atoms with van der Waals surface area (Å²) in [4.78, 5) is 26.5. The first-order chi connectivity index (χ1) is 9.61. The molecular formula is C14H12N2O4. The monoisotopic (exact) mass is 272 g/mol. The van der Waals surface area contributed by atoms with Crippen molar-refractivity contribution in [2.75, 3.05) is 11.9 Å². The van der Waals surface area contributed by atoms with Gasteiger partial charge >= 0.3 is 12.1 Å². The Hall–Kier alpha value is -2.89. The largest absolute Gasteiger partial charge is 0.477 e. The summed E-state index contributed by atoms with van der Waals surface area (Å²) in [6.07, 6.45) is 0.795. The Morgan fingerprint density at radius 3 is 2.85 bits per heavy atom. The number of para-hydroxylation sites is 1. The Morgan fingerprint density at radius 1 is 1.35 bits per heavy atom. The number of fused-ring (bicyclic) bond motifs is 1. The lowest BCUT2D eigenvalue weighted by molar-refractivity contribution is 0.0691. The van der Waals surface area contributed by atoms with Crippen LogP contribution in [0, 0.1) is 0 Å². The summed E-state index contributed by atoms with van der Waals surface area (Å²) in [7, 11) is 0. The number of aromatic carboxylic acids is 1. The number of hydrogen-bond acceptors (Lipinski definition) is 4. The molecule has 0 aliphatic carbocycles. The Bertz CT molecular complexity index is 682. The van der Waals surface area contributed by atoms with Gasteiger partial charge in [-0.15, -0.1) is 0 Å². The standard InChI is InChI=1S/C14H12N2O4/c1-2-8-20-14(19)16-10-5-3-4-9-6-7-11(13(17)18)15-12(9)10/h2-7H,1,8H2,(H,16,19)(H,17,18). The number of anilines is 1. The molecule has 0 bridgehead atoms. The zero-order chi connectivity index (χ0) is 14.5. The van der Waals surface area contributed by atoms with Gasteiger partial charge in [0.15, 0.2) is 0 Å². The van der Waals surface area contributed by atoms with Crippen LogP contribution in [-0.4, -0.2) is 28.8 Å². The maximum absolute atomic E-state index is 11.5. The second-order valence-electron chi connectivity index (χ2n) is 3.89. The average molecular weight is 272 g/mol. The number of rotatable bonds is 4. The van der Waals surface area contributed by atoms with E-state index >= 15 is 0 Å². The first-order valence-electron chi connectivity index (χ1n) is 5.79. The molecule has 6 heteroatoms. The number of benzene rings is 1. The van der Waals surface area contributed by atoms with Gasteiger partial charge in [0.1, 0.15) is 12.3 Å². The molecule has 0 unspecified atom stereocenters. The Labute approximate surface area is 114 Å². The van der Waals surface area contributed by atoms with Gasteiger partial charge in [-0.25, -0.2) is 14.6 Å². The summed E-state index contributed by atoms with van der Waals surface area (Å²) in [6, 6.07) is 8.16. The topological polar surface area (TPSA) is 88.5 Å². The molecule has 0 saturated carbocycles. The number of nitrogens with one attached hydrogen (secondary N) is 1. The van der Waals surface area contributed by atoms with E-state index in [1.807, 2.05) is 0 Å². The lowest BCUT2D eigenvalue weighted by Gasteiger charge is -2.08. The number of aromatic nitrogens is 1. The summed E-state index contributed by atoms with van der Waals surface area (Å²) in [6.45, 7) is 3.53. The van der Waals surface area contributed by atoms with Gasteiger partial charge in [-0.05, 0) is 12.1 Å². The molecule has 6 nitrogen and oxygen atoms in total. The van der Waals surface area contributed by atoms with Crippen molar-refractivity contribution in [3.05, 3.63) is 48.7 Å². The van der Waals surface area contributed by atoms with E-state index < -0.39 is 12.1 Å². The van der Waals surface area contributed by atoms with E-state index in [9.17, 15) is 9.59 Å². The molecule has 0 aliphatic heterocycles. The molecule has 1 heterocycles. The number of carbonyl (C=O) groups excluding carboxylic acids is 1. The summed E-state index contributed by atoms with van der Waals surface area (Å²) >= 11 is 0. The summed E-state index contributed by atoms with van der Waals surface area (Å²) in [5, 5.41) is 12.2. The van der Waals surface area contributed by atoms with Gasteiger partial charge in [-0.3, -0.25) is 5.32 Å². The molecule has 0 spiro atoms. The van der Waals surface area contributed by atoms with E-state index in [0.29, 0.717) is 11.2 Å². The van der Waals surface area contributed by atoms with Crippen LogP contribution in [0.3, 0.4) is 0 Å². The number of carboxylic acids is 1. The van der Waals surface area contributed by atoms with Crippen LogP contribution in [0.15, 0.2) is 43.0 Å². The fourth-order valence-electron chi connectivity index (χ4n) is 1.65. The zero-order valence-electron chi connectivity index (χ0n) is 10.5. The molecule has 0 saturated heterocycles. The average Bonchev–Trinajstić information content (AvgIpc) is 2.45. The first kappa shape index (κ1) is 13.5. The molecule has 1 aromatic carbocycles. The van der Waals surface area contributed by atoms with Gasteiger partial charge in [0.05, 0.1) is 11.2 Å². The molecule has 0 aliphatic rings. The molecule has 1 amide bonds. The maximum Gasteiger partial charge on any atom is 0.412 e. The van der Waals surface area contributed by atoms with Gasteiger partial charge in [-0.2, -0.15) is 0 Å². The van der Waals surface area contributed by atoms with Gasteiger partial charge in [0.2, 0.25) is 0 Å². The van der Waals surface area contributed by atoms with E-state index in [4.69, 9.17) is 9.84 Å². The van der Waals surface area contributed by atoms with Gasteiger partial charge in [0.25, 0.3) is 0 Å². The molecule has 2 N–H and O–H groups in total. The van der Waals surface area contributed by atoms with Crippen molar-refractivity contribution < 1.29 is 19.4 Å². The highest BCUT2D eigenvalue weighted by Gasteiger charge is 2.10. The fraction of sp³-hybridized carbons (Fsp3) is 0.0714. The molecule has 0 radical (unpaired) electrons. The molecule has 102 valence electrons. The second kappa shape index (κ2) is 5.83. The minimum absolute atomic E-state index is 0.0877. The van der Waals surface area contributed by atoms with Crippen LogP contribution >= 0.6 is 0 Å².